The van der Waals surface area contributed by atoms with Crippen molar-refractivity contribution in [3.8, 4) is 16.6 Å². The lowest BCUT2D eigenvalue weighted by molar-refractivity contribution is 0.392. The molecule has 0 spiro atoms. The number of hydrogen-bond donors (Lipinski definition) is 1. The highest BCUT2D eigenvalue weighted by atomic mass is 32.1. The summed E-state index contributed by atoms with van der Waals surface area (Å²) in [5.41, 5.74) is 2.06. The molecule has 1 aliphatic carbocycles. The zero-order valence-corrected chi connectivity index (χ0v) is 11.8. The molecule has 0 amide bonds. The molecule has 5 nitrogen and oxygen atoms in total. The van der Waals surface area contributed by atoms with Gasteiger partial charge < -0.3 is 10.1 Å². The first-order valence-corrected chi connectivity index (χ1v) is 7.15. The van der Waals surface area contributed by atoms with E-state index in [2.05, 4.69) is 15.5 Å². The van der Waals surface area contributed by atoms with Gasteiger partial charge in [0.15, 0.2) is 0 Å². The van der Waals surface area contributed by atoms with Crippen LogP contribution in [0.3, 0.4) is 0 Å². The first kappa shape index (κ1) is 12.5. The fourth-order valence-electron chi connectivity index (χ4n) is 1.98. The Morgan fingerprint density at radius 1 is 1.37 bits per heavy atom. The van der Waals surface area contributed by atoms with Crippen LogP contribution in [0.1, 0.15) is 29.3 Å². The maximum atomic E-state index is 5.02. The monoisotopic (exact) mass is 276 g/mol. The number of hydrogen-bond acceptors (Lipinski definition) is 6. The molecule has 0 bridgehead atoms. The van der Waals surface area contributed by atoms with Crippen molar-refractivity contribution in [2.45, 2.75) is 25.3 Å². The molecule has 1 aliphatic rings. The zero-order valence-electron chi connectivity index (χ0n) is 11.0. The summed E-state index contributed by atoms with van der Waals surface area (Å²) in [5.74, 6) is 1.18. The van der Waals surface area contributed by atoms with Gasteiger partial charge in [-0.1, -0.05) is 0 Å². The Kier molecular flexibility index (Phi) is 3.44. The summed E-state index contributed by atoms with van der Waals surface area (Å²) in [5, 5.41) is 12.3. The van der Waals surface area contributed by atoms with E-state index < -0.39 is 0 Å². The molecule has 2 aromatic rings. The Morgan fingerprint density at radius 2 is 2.21 bits per heavy atom. The Bertz CT molecular complexity index is 563. The minimum absolute atomic E-state index is 0.526. The van der Waals surface area contributed by atoms with Gasteiger partial charge in [-0.2, -0.15) is 0 Å². The highest BCUT2D eigenvalue weighted by Gasteiger charge is 2.29. The van der Waals surface area contributed by atoms with Gasteiger partial charge in [-0.15, -0.1) is 21.5 Å². The Morgan fingerprint density at radius 3 is 2.79 bits per heavy atom. The number of ether oxygens (including phenoxy) is 1. The van der Waals surface area contributed by atoms with E-state index in [1.165, 1.54) is 23.4 Å². The normalized spacial score (nSPS) is 14.6. The average Bonchev–Trinajstić information content (AvgIpc) is 3.21. The van der Waals surface area contributed by atoms with Crippen molar-refractivity contribution < 1.29 is 4.74 Å². The van der Waals surface area contributed by atoms with Crippen molar-refractivity contribution in [3.05, 3.63) is 22.7 Å². The van der Waals surface area contributed by atoms with E-state index in [9.17, 15) is 0 Å². The topological polar surface area (TPSA) is 59.9 Å². The maximum Gasteiger partial charge on any atom is 0.233 e. The predicted octanol–water partition coefficient (Wildman–Crippen LogP) is 2.21. The van der Waals surface area contributed by atoms with E-state index in [0.29, 0.717) is 11.8 Å². The smallest absolute Gasteiger partial charge is 0.233 e. The molecule has 0 aliphatic heterocycles. The zero-order chi connectivity index (χ0) is 13.2. The lowest BCUT2D eigenvalue weighted by atomic mass is 10.2. The van der Waals surface area contributed by atoms with E-state index in [0.717, 1.165) is 17.2 Å². The van der Waals surface area contributed by atoms with E-state index >= 15 is 0 Å². The lowest BCUT2D eigenvalue weighted by Crippen LogP contribution is -2.05. The molecule has 2 aromatic heterocycles. The number of thiazole rings is 1. The van der Waals surface area contributed by atoms with Crippen LogP contribution in [0.15, 0.2) is 12.1 Å². The Labute approximate surface area is 116 Å². The molecule has 2 heterocycles. The average molecular weight is 276 g/mol. The summed E-state index contributed by atoms with van der Waals surface area (Å²) in [4.78, 5) is 6.07. The molecular weight excluding hydrogens is 260 g/mol. The number of nitrogens with one attached hydrogen (secondary N) is 1. The first-order chi connectivity index (χ1) is 9.31. The highest BCUT2D eigenvalue weighted by molar-refractivity contribution is 7.15. The van der Waals surface area contributed by atoms with E-state index in [4.69, 9.17) is 9.72 Å². The number of methoxy groups -OCH3 is 1. The Hall–Kier alpha value is -1.53. The second kappa shape index (κ2) is 5.22. The van der Waals surface area contributed by atoms with E-state index in [1.54, 1.807) is 18.4 Å². The van der Waals surface area contributed by atoms with Crippen molar-refractivity contribution in [3.63, 3.8) is 0 Å². The minimum Gasteiger partial charge on any atom is -0.480 e. The van der Waals surface area contributed by atoms with Crippen LogP contribution in [0.2, 0.25) is 0 Å². The van der Waals surface area contributed by atoms with Crippen molar-refractivity contribution >= 4 is 11.3 Å². The second-order valence-corrected chi connectivity index (χ2v) is 5.68. The van der Waals surface area contributed by atoms with Crippen LogP contribution in [-0.2, 0) is 6.54 Å². The molecule has 3 rings (SSSR count). The van der Waals surface area contributed by atoms with Crippen molar-refractivity contribution in [1.82, 2.24) is 20.5 Å². The quantitative estimate of drug-likeness (QED) is 0.907. The van der Waals surface area contributed by atoms with Gasteiger partial charge in [-0.3, -0.25) is 0 Å². The third-order valence-corrected chi connectivity index (χ3v) is 4.19. The molecule has 1 fully saturated rings. The van der Waals surface area contributed by atoms with E-state index in [1.807, 2.05) is 19.2 Å². The molecule has 1 N–H and O–H groups in total. The number of aromatic nitrogens is 3. The summed E-state index contributed by atoms with van der Waals surface area (Å²) in [6.07, 6.45) is 2.52. The fraction of sp³-hybridized carbons (Fsp3) is 0.462. The predicted molar refractivity (Wildman–Crippen MR) is 74.4 cm³/mol. The molecule has 6 heteroatoms. The van der Waals surface area contributed by atoms with Crippen LogP contribution >= 0.6 is 11.3 Å². The fourth-order valence-corrected chi connectivity index (χ4v) is 3.10. The van der Waals surface area contributed by atoms with Gasteiger partial charge in [0.2, 0.25) is 5.88 Å². The van der Waals surface area contributed by atoms with Gasteiger partial charge in [-0.25, -0.2) is 4.98 Å². The standard InChI is InChI=1S/C13H16N4OS/c1-14-7-10-12(8-3-4-8)15-13(19-10)9-5-6-11(18-2)17-16-9/h5-6,8,14H,3-4,7H2,1-2H3. The molecular formula is C13H16N4OS. The Balaban J connectivity index is 1.92. The first-order valence-electron chi connectivity index (χ1n) is 6.34. The molecule has 0 saturated heterocycles. The summed E-state index contributed by atoms with van der Waals surface area (Å²) in [6.45, 7) is 0.868. The van der Waals surface area contributed by atoms with Gasteiger partial charge >= 0.3 is 0 Å². The van der Waals surface area contributed by atoms with Gasteiger partial charge in [0.1, 0.15) is 10.7 Å². The minimum atomic E-state index is 0.526. The van der Waals surface area contributed by atoms with Crippen LogP contribution in [0.4, 0.5) is 0 Å². The molecule has 1 saturated carbocycles. The van der Waals surface area contributed by atoms with Crippen molar-refractivity contribution in [2.24, 2.45) is 0 Å². The molecule has 0 unspecified atom stereocenters. The third-order valence-electron chi connectivity index (χ3n) is 3.10. The maximum absolute atomic E-state index is 5.02. The van der Waals surface area contributed by atoms with Gasteiger partial charge in [0.05, 0.1) is 12.8 Å². The third kappa shape index (κ3) is 2.59. The summed E-state index contributed by atoms with van der Waals surface area (Å²) < 4.78 is 5.02. The van der Waals surface area contributed by atoms with Crippen LogP contribution in [0.25, 0.3) is 10.7 Å². The second-order valence-electron chi connectivity index (χ2n) is 4.59. The molecule has 0 aromatic carbocycles. The summed E-state index contributed by atoms with van der Waals surface area (Å²) >= 11 is 1.70. The number of rotatable bonds is 5. The lowest BCUT2D eigenvalue weighted by Gasteiger charge is -1.97. The molecule has 100 valence electrons. The number of nitrogens with zero attached hydrogens (tertiary/aromatic N) is 3. The summed E-state index contributed by atoms with van der Waals surface area (Å²) in [7, 11) is 3.55. The van der Waals surface area contributed by atoms with Gasteiger partial charge in [0, 0.05) is 23.4 Å². The highest BCUT2D eigenvalue weighted by Crippen LogP contribution is 2.43. The van der Waals surface area contributed by atoms with E-state index in [-0.39, 0.29) is 0 Å². The van der Waals surface area contributed by atoms with Crippen LogP contribution in [-0.4, -0.2) is 29.3 Å². The van der Waals surface area contributed by atoms with Crippen LogP contribution in [0.5, 0.6) is 5.88 Å². The van der Waals surface area contributed by atoms with Gasteiger partial charge in [-0.05, 0) is 26.0 Å². The SMILES string of the molecule is CNCc1sc(-c2ccc(OC)nn2)nc1C1CC1. The molecule has 0 radical (unpaired) electrons. The van der Waals surface area contributed by atoms with Crippen molar-refractivity contribution in [1.29, 1.82) is 0 Å². The largest absolute Gasteiger partial charge is 0.480 e. The van der Waals surface area contributed by atoms with Crippen molar-refractivity contribution in [2.75, 3.05) is 14.2 Å². The summed E-state index contributed by atoms with van der Waals surface area (Å²) in [6, 6.07) is 3.72. The van der Waals surface area contributed by atoms with Crippen LogP contribution < -0.4 is 10.1 Å². The molecule has 0 atom stereocenters. The van der Waals surface area contributed by atoms with Crippen LogP contribution in [0, 0.1) is 0 Å². The van der Waals surface area contributed by atoms with Gasteiger partial charge in [0.25, 0.3) is 0 Å². The molecule has 19 heavy (non-hydrogen) atoms.